The van der Waals surface area contributed by atoms with E-state index in [0.29, 0.717) is 0 Å². The molecule has 0 N–H and O–H groups in total. The van der Waals surface area contributed by atoms with Crippen LogP contribution < -0.4 is 5.63 Å². The standard InChI is InChI=1S/C20H18Si.2C11H16O.Zr/c1-21(2,19-11-15-7-3-4-8-16(15)12-19)20-13-17-9-5-6-10-18(17)14-20;2*1-8-5-6-10(12)9(7-8)11(2,3)4;/h3-14H,1-2H3;2*5-7,12H,1-4H3;/q;;;+2/p-2. The van der Waals surface area contributed by atoms with E-state index in [1.807, 2.05) is 0 Å². The molecule has 1 saturated heterocycles. The molecule has 0 aromatic heterocycles. The third-order valence-electron chi connectivity index (χ3n) is 10.5. The molecule has 236 valence electrons. The Labute approximate surface area is 283 Å². The number of rotatable bonds is 4. The molecule has 2 aliphatic carbocycles. The summed E-state index contributed by atoms with van der Waals surface area (Å²) in [5, 5.41) is 3.15. The van der Waals surface area contributed by atoms with Crippen LogP contribution in [-0.2, 0) is 32.0 Å². The Balaban J connectivity index is 1.59. The second kappa shape index (κ2) is 10.8. The average Bonchev–Trinajstić information content (AvgIpc) is 3.59. The topological polar surface area (TPSA) is 18.5 Å². The van der Waals surface area contributed by atoms with Gasteiger partial charge in [-0.1, -0.05) is 0 Å². The molecule has 0 amide bonds. The maximum absolute atomic E-state index is 8.02. The van der Waals surface area contributed by atoms with Gasteiger partial charge in [0.2, 0.25) is 0 Å². The molecule has 1 aliphatic heterocycles. The van der Waals surface area contributed by atoms with Gasteiger partial charge in [-0.2, -0.15) is 0 Å². The van der Waals surface area contributed by atoms with Crippen molar-refractivity contribution in [3.05, 3.63) is 140 Å². The van der Waals surface area contributed by atoms with Crippen LogP contribution in [-0.4, -0.2) is 8.07 Å². The van der Waals surface area contributed by atoms with Crippen LogP contribution in [0.25, 0.3) is 12.2 Å². The molecule has 0 spiro atoms. The van der Waals surface area contributed by atoms with Gasteiger partial charge in [0.05, 0.1) is 0 Å². The summed E-state index contributed by atoms with van der Waals surface area (Å²) >= 11 is -4.55. The molecular formula is C42H48O2SiZr. The quantitative estimate of drug-likeness (QED) is 0.197. The number of hydrogen-bond acceptors (Lipinski definition) is 2. The molecule has 1 fully saturated rings. The minimum atomic E-state index is -4.55. The maximum atomic E-state index is 8.02. The van der Waals surface area contributed by atoms with Gasteiger partial charge < -0.3 is 0 Å². The van der Waals surface area contributed by atoms with Crippen LogP contribution in [0, 0.1) is 13.8 Å². The number of fused-ring (bicyclic) bond motifs is 6. The van der Waals surface area contributed by atoms with Crippen LogP contribution in [0.1, 0.15) is 93.3 Å². The van der Waals surface area contributed by atoms with Gasteiger partial charge in [-0.3, -0.25) is 0 Å². The number of allylic oxidation sites excluding steroid dienone is 2. The minimum absolute atomic E-state index is 0.0873. The van der Waals surface area contributed by atoms with Crippen molar-refractivity contribution in [3.63, 3.8) is 0 Å². The van der Waals surface area contributed by atoms with E-state index >= 15 is 0 Å². The van der Waals surface area contributed by atoms with Gasteiger partial charge >= 0.3 is 285 Å². The average molecular weight is 704 g/mol. The molecular weight excluding hydrogens is 656 g/mol. The zero-order valence-corrected chi connectivity index (χ0v) is 32.7. The zero-order valence-electron chi connectivity index (χ0n) is 29.2. The van der Waals surface area contributed by atoms with Crippen LogP contribution in [0.5, 0.6) is 11.5 Å². The summed E-state index contributed by atoms with van der Waals surface area (Å²) in [5.41, 5.74) is 10.3. The Kier molecular flexibility index (Phi) is 7.42. The first-order chi connectivity index (χ1) is 21.6. The number of aryl methyl sites for hydroxylation is 2. The van der Waals surface area contributed by atoms with Gasteiger partial charge in [-0.15, -0.1) is 0 Å². The van der Waals surface area contributed by atoms with Crippen molar-refractivity contribution in [1.82, 2.24) is 0 Å². The Hall–Kier alpha value is -2.94. The van der Waals surface area contributed by atoms with E-state index in [9.17, 15) is 0 Å². The molecule has 2 nitrogen and oxygen atoms in total. The molecule has 2 atom stereocenters. The van der Waals surface area contributed by atoms with E-state index in [2.05, 4.69) is 166 Å². The number of benzene rings is 4. The molecule has 4 aromatic carbocycles. The van der Waals surface area contributed by atoms with Crippen molar-refractivity contribution in [2.24, 2.45) is 0 Å². The predicted octanol–water partition coefficient (Wildman–Crippen LogP) is 11.4. The van der Waals surface area contributed by atoms with E-state index in [0.717, 1.165) is 11.5 Å². The molecule has 7 rings (SSSR count). The van der Waals surface area contributed by atoms with Crippen LogP contribution in [0.3, 0.4) is 0 Å². The van der Waals surface area contributed by atoms with Crippen molar-refractivity contribution in [1.29, 1.82) is 0 Å². The molecule has 3 aliphatic rings. The molecule has 1 heterocycles. The third kappa shape index (κ3) is 4.98. The van der Waals surface area contributed by atoms with Gasteiger partial charge in [0.15, 0.2) is 0 Å². The second-order valence-electron chi connectivity index (χ2n) is 16.4. The first-order valence-corrected chi connectivity index (χ1v) is 24.7. The van der Waals surface area contributed by atoms with Crippen LogP contribution in [0.4, 0.5) is 0 Å². The van der Waals surface area contributed by atoms with E-state index in [-0.39, 0.29) is 18.1 Å². The first kappa shape index (κ1) is 31.6. The summed E-state index contributed by atoms with van der Waals surface area (Å²) in [5.74, 6) is 1.99. The normalized spacial score (nSPS) is 20.6. The molecule has 0 bridgehead atoms. The summed E-state index contributed by atoms with van der Waals surface area (Å²) in [6.07, 6.45) is 5.06. The van der Waals surface area contributed by atoms with Gasteiger partial charge in [0.1, 0.15) is 0 Å². The summed E-state index contributed by atoms with van der Waals surface area (Å²) in [7, 11) is -2.07. The Bertz CT molecular complexity index is 1790. The summed E-state index contributed by atoms with van der Waals surface area (Å²) < 4.78 is 16.3. The van der Waals surface area contributed by atoms with E-state index < -0.39 is 29.2 Å². The van der Waals surface area contributed by atoms with E-state index in [1.54, 1.807) is 10.4 Å². The summed E-state index contributed by atoms with van der Waals surface area (Å²) in [6, 6.07) is 31.7. The fourth-order valence-electron chi connectivity index (χ4n) is 8.17. The Morgan fingerprint density at radius 3 is 1.35 bits per heavy atom. The molecule has 2 unspecified atom stereocenters. The fourth-order valence-corrected chi connectivity index (χ4v) is 29.6. The number of hydrogen-bond donors (Lipinski definition) is 0. The third-order valence-corrected chi connectivity index (χ3v) is 25.4. The van der Waals surface area contributed by atoms with Crippen molar-refractivity contribution in [2.45, 2.75) is 86.6 Å². The van der Waals surface area contributed by atoms with E-state index in [1.165, 1.54) is 44.5 Å². The summed E-state index contributed by atoms with van der Waals surface area (Å²) in [4.78, 5) is 0. The molecule has 4 aromatic rings. The SMILES string of the molecule is Cc1ccc([O][Zr]2([O]c3ccc(C)cc3C(C)(C)C)[CH]3C(=Cc4ccccc43)[Si](C)(C)C3=Cc4ccccc4[CH]32)c(C(C)(C)C)c1. The van der Waals surface area contributed by atoms with Crippen molar-refractivity contribution in [3.8, 4) is 11.5 Å². The first-order valence-electron chi connectivity index (χ1n) is 16.8. The second-order valence-corrected chi connectivity index (χ2v) is 28.2. The van der Waals surface area contributed by atoms with Crippen LogP contribution in [0.2, 0.25) is 13.1 Å². The predicted molar refractivity (Wildman–Crippen MR) is 193 cm³/mol. The molecule has 0 radical (unpaired) electrons. The summed E-state index contributed by atoms with van der Waals surface area (Å²) in [6.45, 7) is 23.3. The van der Waals surface area contributed by atoms with Gasteiger partial charge in [0, 0.05) is 0 Å². The van der Waals surface area contributed by atoms with Gasteiger partial charge in [-0.25, -0.2) is 0 Å². The molecule has 4 heteroatoms. The molecule has 46 heavy (non-hydrogen) atoms. The fraction of sp³-hybridized carbons (Fsp3) is 0.333. The van der Waals surface area contributed by atoms with Crippen LogP contribution >= 0.6 is 0 Å². The molecule has 0 saturated carbocycles. The van der Waals surface area contributed by atoms with Crippen molar-refractivity contribution >= 4 is 20.2 Å². The van der Waals surface area contributed by atoms with Crippen molar-refractivity contribution in [2.75, 3.05) is 0 Å². The van der Waals surface area contributed by atoms with E-state index in [4.69, 9.17) is 5.63 Å². The van der Waals surface area contributed by atoms with Crippen molar-refractivity contribution < 1.29 is 26.8 Å². The van der Waals surface area contributed by atoms with Gasteiger partial charge in [0.25, 0.3) is 0 Å². The Morgan fingerprint density at radius 1 is 0.565 bits per heavy atom. The monoisotopic (exact) mass is 702 g/mol. The van der Waals surface area contributed by atoms with Crippen LogP contribution in [0.15, 0.2) is 95.3 Å². The Morgan fingerprint density at radius 2 is 0.957 bits per heavy atom. The van der Waals surface area contributed by atoms with Gasteiger partial charge in [-0.05, 0) is 0 Å². The zero-order chi connectivity index (χ0) is 32.8.